The first-order chi connectivity index (χ1) is 9.09. The number of hydrogen-bond acceptors (Lipinski definition) is 4. The molecule has 0 radical (unpaired) electrons. The van der Waals surface area contributed by atoms with Gasteiger partial charge in [-0.25, -0.2) is 0 Å². The number of phenolic OH excluding ortho intramolecular Hbond substituents is 2. The van der Waals surface area contributed by atoms with Gasteiger partial charge in [0.15, 0.2) is 11.5 Å². The van der Waals surface area contributed by atoms with Crippen LogP contribution in [0, 0.1) is 11.8 Å². The van der Waals surface area contributed by atoms with Crippen molar-refractivity contribution in [1.82, 2.24) is 10.6 Å². The molecule has 1 aliphatic heterocycles. The number of aromatic hydroxyl groups is 2. The number of nitrogens with one attached hydrogen (secondary N) is 2. The zero-order valence-electron chi connectivity index (χ0n) is 11.0. The van der Waals surface area contributed by atoms with Crippen molar-refractivity contribution in [1.29, 1.82) is 0 Å². The van der Waals surface area contributed by atoms with E-state index < -0.39 is 0 Å². The van der Waals surface area contributed by atoms with Gasteiger partial charge in [0.2, 0.25) is 0 Å². The first kappa shape index (κ1) is 13.7. The van der Waals surface area contributed by atoms with Crippen molar-refractivity contribution in [2.45, 2.75) is 13.3 Å². The maximum Gasteiger partial charge on any atom is 0.255 e. The third-order valence-corrected chi connectivity index (χ3v) is 3.77. The molecule has 0 spiro atoms. The molecule has 104 valence electrons. The van der Waals surface area contributed by atoms with Crippen LogP contribution in [-0.4, -0.2) is 35.8 Å². The highest BCUT2D eigenvalue weighted by atomic mass is 16.3. The lowest BCUT2D eigenvalue weighted by atomic mass is 9.88. The molecule has 4 N–H and O–H groups in total. The minimum absolute atomic E-state index is 0.108. The van der Waals surface area contributed by atoms with E-state index in [0.29, 0.717) is 18.4 Å². The van der Waals surface area contributed by atoms with Gasteiger partial charge in [0.1, 0.15) is 0 Å². The molecule has 0 saturated carbocycles. The quantitative estimate of drug-likeness (QED) is 0.616. The molecule has 19 heavy (non-hydrogen) atoms. The topological polar surface area (TPSA) is 81.6 Å². The third kappa shape index (κ3) is 3.17. The predicted molar refractivity (Wildman–Crippen MR) is 72.2 cm³/mol. The zero-order valence-corrected chi connectivity index (χ0v) is 11.0. The lowest BCUT2D eigenvalue weighted by Gasteiger charge is -2.29. The Kier molecular flexibility index (Phi) is 4.27. The average molecular weight is 264 g/mol. The average Bonchev–Trinajstić information content (AvgIpc) is 2.40. The van der Waals surface area contributed by atoms with E-state index in [9.17, 15) is 15.0 Å². The van der Waals surface area contributed by atoms with Crippen LogP contribution in [0.1, 0.15) is 23.7 Å². The molecule has 1 saturated heterocycles. The molecule has 1 aliphatic rings. The normalized spacial score (nSPS) is 23.0. The Morgan fingerprint density at radius 3 is 3.00 bits per heavy atom. The molecule has 1 aromatic rings. The second-order valence-electron chi connectivity index (χ2n) is 5.11. The SMILES string of the molecule is CC1CCNCC1CNC(=O)c1cccc(O)c1O. The molecule has 2 unspecified atom stereocenters. The predicted octanol–water partition coefficient (Wildman–Crippen LogP) is 1.07. The largest absolute Gasteiger partial charge is 0.504 e. The van der Waals surface area contributed by atoms with E-state index in [2.05, 4.69) is 17.6 Å². The van der Waals surface area contributed by atoms with Crippen molar-refractivity contribution in [2.24, 2.45) is 11.8 Å². The summed E-state index contributed by atoms with van der Waals surface area (Å²) in [6, 6.07) is 4.38. The summed E-state index contributed by atoms with van der Waals surface area (Å²) in [6.45, 7) is 4.68. The molecular formula is C14H20N2O3. The summed E-state index contributed by atoms with van der Waals surface area (Å²) in [6.07, 6.45) is 1.11. The smallest absolute Gasteiger partial charge is 0.255 e. The van der Waals surface area contributed by atoms with E-state index in [4.69, 9.17) is 0 Å². The number of carbonyl (C=O) groups is 1. The fourth-order valence-electron chi connectivity index (χ4n) is 2.36. The number of amides is 1. The highest BCUT2D eigenvalue weighted by molar-refractivity contribution is 5.97. The van der Waals surface area contributed by atoms with Crippen molar-refractivity contribution in [2.75, 3.05) is 19.6 Å². The standard InChI is InChI=1S/C14H20N2O3/c1-9-5-6-15-7-10(9)8-16-14(19)11-3-2-4-12(17)13(11)18/h2-4,9-10,15,17-18H,5-8H2,1H3,(H,16,19). The maximum atomic E-state index is 12.0. The van der Waals surface area contributed by atoms with E-state index in [0.717, 1.165) is 19.5 Å². The number of hydrogen-bond donors (Lipinski definition) is 4. The summed E-state index contributed by atoms with van der Waals surface area (Å²) in [5.74, 6) is -0.0298. The van der Waals surface area contributed by atoms with E-state index in [-0.39, 0.29) is 23.0 Å². The molecule has 1 amide bonds. The highest BCUT2D eigenvalue weighted by Gasteiger charge is 2.22. The third-order valence-electron chi connectivity index (χ3n) is 3.77. The van der Waals surface area contributed by atoms with Gasteiger partial charge in [-0.2, -0.15) is 0 Å². The second-order valence-corrected chi connectivity index (χ2v) is 5.11. The summed E-state index contributed by atoms with van der Waals surface area (Å²) in [5, 5.41) is 25.1. The van der Waals surface area contributed by atoms with Gasteiger partial charge in [-0.15, -0.1) is 0 Å². The van der Waals surface area contributed by atoms with Crippen molar-refractivity contribution >= 4 is 5.91 Å². The molecule has 0 aliphatic carbocycles. The first-order valence-corrected chi connectivity index (χ1v) is 6.59. The fraction of sp³-hybridized carbons (Fsp3) is 0.500. The van der Waals surface area contributed by atoms with Crippen molar-refractivity contribution < 1.29 is 15.0 Å². The van der Waals surface area contributed by atoms with Crippen LogP contribution in [0.3, 0.4) is 0 Å². The minimum Gasteiger partial charge on any atom is -0.504 e. The highest BCUT2D eigenvalue weighted by Crippen LogP contribution is 2.28. The summed E-state index contributed by atoms with van der Waals surface area (Å²) < 4.78 is 0. The summed E-state index contributed by atoms with van der Waals surface area (Å²) in [4.78, 5) is 12.0. The molecular weight excluding hydrogens is 244 g/mol. The van der Waals surface area contributed by atoms with E-state index in [1.807, 2.05) is 0 Å². The lowest BCUT2D eigenvalue weighted by Crippen LogP contribution is -2.42. The first-order valence-electron chi connectivity index (χ1n) is 6.59. The van der Waals surface area contributed by atoms with Crippen LogP contribution in [0.4, 0.5) is 0 Å². The second kappa shape index (κ2) is 5.93. The van der Waals surface area contributed by atoms with Gasteiger partial charge in [0, 0.05) is 6.54 Å². The maximum absolute atomic E-state index is 12.0. The zero-order chi connectivity index (χ0) is 13.8. The van der Waals surface area contributed by atoms with Crippen LogP contribution >= 0.6 is 0 Å². The molecule has 5 heteroatoms. The van der Waals surface area contributed by atoms with Gasteiger partial charge >= 0.3 is 0 Å². The van der Waals surface area contributed by atoms with Crippen LogP contribution in [-0.2, 0) is 0 Å². The molecule has 2 atom stereocenters. The van der Waals surface area contributed by atoms with Crippen LogP contribution in [0.2, 0.25) is 0 Å². The molecule has 0 aromatic heterocycles. The van der Waals surface area contributed by atoms with E-state index in [1.165, 1.54) is 18.2 Å². The van der Waals surface area contributed by atoms with Crippen molar-refractivity contribution in [3.05, 3.63) is 23.8 Å². The van der Waals surface area contributed by atoms with Crippen molar-refractivity contribution in [3.63, 3.8) is 0 Å². The Labute approximate surface area is 112 Å². The lowest BCUT2D eigenvalue weighted by molar-refractivity contribution is 0.0935. The van der Waals surface area contributed by atoms with E-state index >= 15 is 0 Å². The number of para-hydroxylation sites is 1. The van der Waals surface area contributed by atoms with Crippen LogP contribution < -0.4 is 10.6 Å². The van der Waals surface area contributed by atoms with Crippen molar-refractivity contribution in [3.8, 4) is 11.5 Å². The number of benzene rings is 1. The molecule has 1 heterocycles. The summed E-state index contributed by atoms with van der Waals surface area (Å²) >= 11 is 0. The molecule has 0 bridgehead atoms. The van der Waals surface area contributed by atoms with Gasteiger partial charge in [0.05, 0.1) is 5.56 Å². The minimum atomic E-state index is -0.366. The number of piperidine rings is 1. The molecule has 5 nitrogen and oxygen atoms in total. The Morgan fingerprint density at radius 2 is 2.26 bits per heavy atom. The summed E-state index contributed by atoms with van der Waals surface area (Å²) in [7, 11) is 0. The fourth-order valence-corrected chi connectivity index (χ4v) is 2.36. The van der Waals surface area contributed by atoms with Gasteiger partial charge in [-0.1, -0.05) is 13.0 Å². The Bertz CT molecular complexity index is 462. The Hall–Kier alpha value is -1.75. The van der Waals surface area contributed by atoms with Gasteiger partial charge in [0.25, 0.3) is 5.91 Å². The van der Waals surface area contributed by atoms with Gasteiger partial charge < -0.3 is 20.8 Å². The van der Waals surface area contributed by atoms with Gasteiger partial charge in [-0.3, -0.25) is 4.79 Å². The van der Waals surface area contributed by atoms with Crippen LogP contribution in [0.15, 0.2) is 18.2 Å². The number of phenols is 2. The van der Waals surface area contributed by atoms with Crippen LogP contribution in [0.5, 0.6) is 11.5 Å². The van der Waals surface area contributed by atoms with E-state index in [1.54, 1.807) is 0 Å². The molecule has 1 aromatic carbocycles. The van der Waals surface area contributed by atoms with Gasteiger partial charge in [-0.05, 0) is 43.5 Å². The Morgan fingerprint density at radius 1 is 1.47 bits per heavy atom. The number of rotatable bonds is 3. The summed E-state index contributed by atoms with van der Waals surface area (Å²) in [5.41, 5.74) is 0.108. The monoisotopic (exact) mass is 264 g/mol. The van der Waals surface area contributed by atoms with Crippen LogP contribution in [0.25, 0.3) is 0 Å². The number of carbonyl (C=O) groups excluding carboxylic acids is 1. The molecule has 2 rings (SSSR count). The Balaban J connectivity index is 1.95. The molecule has 1 fully saturated rings.